The maximum Gasteiger partial charge on any atom is 0.437 e. The van der Waals surface area contributed by atoms with Crippen LogP contribution in [0.5, 0.6) is 5.75 Å². The van der Waals surface area contributed by atoms with Gasteiger partial charge >= 0.3 is 16.3 Å². The largest absolute Gasteiger partial charge is 0.497 e. The molecule has 1 aromatic rings. The molecule has 1 aromatic carbocycles. The van der Waals surface area contributed by atoms with Crippen LogP contribution in [0.2, 0.25) is 0 Å². The quantitative estimate of drug-likeness (QED) is 0.387. The lowest BCUT2D eigenvalue weighted by molar-refractivity contribution is -0.0597. The van der Waals surface area contributed by atoms with Gasteiger partial charge in [-0.25, -0.2) is 0 Å². The minimum atomic E-state index is -4.88. The highest BCUT2D eigenvalue weighted by atomic mass is 32.2. The predicted molar refractivity (Wildman–Crippen MR) is 90.4 cm³/mol. The highest BCUT2D eigenvalue weighted by Gasteiger charge is 2.38. The molecule has 0 spiro atoms. The molecule has 0 atom stereocenters. The standard InChI is InChI=1S/C13H16F3NO5S.2CH4/c1-3-21-8-9-23(18,19)22-17-12(13(14,15)16)10-4-6-11(20-2)7-5-10;;/h4-7H,3,8-9H2,1-2H3;2*1H4. The molecule has 0 N–H and O–H groups in total. The van der Waals surface area contributed by atoms with Gasteiger partial charge in [-0.1, -0.05) is 20.0 Å². The van der Waals surface area contributed by atoms with Crippen LogP contribution in [-0.4, -0.2) is 46.4 Å². The van der Waals surface area contributed by atoms with Crippen molar-refractivity contribution in [1.29, 1.82) is 0 Å². The number of oxime groups is 1. The second-order valence-corrected chi connectivity index (χ2v) is 5.87. The lowest BCUT2D eigenvalue weighted by Crippen LogP contribution is -2.25. The Kier molecular flexibility index (Phi) is 11.1. The van der Waals surface area contributed by atoms with Crippen LogP contribution in [0, 0.1) is 0 Å². The number of hydrogen-bond donors (Lipinski definition) is 0. The van der Waals surface area contributed by atoms with Crippen LogP contribution in [0.15, 0.2) is 29.4 Å². The average molecular weight is 387 g/mol. The maximum absolute atomic E-state index is 13.0. The van der Waals surface area contributed by atoms with Crippen LogP contribution in [0.1, 0.15) is 27.3 Å². The Labute approximate surface area is 146 Å². The molecule has 0 aliphatic heterocycles. The van der Waals surface area contributed by atoms with E-state index in [-0.39, 0.29) is 33.6 Å². The molecule has 10 heteroatoms. The van der Waals surface area contributed by atoms with Gasteiger partial charge in [0, 0.05) is 12.2 Å². The number of methoxy groups -OCH3 is 1. The summed E-state index contributed by atoms with van der Waals surface area (Å²) in [5.41, 5.74) is -1.81. The molecule has 0 aliphatic rings. The molecule has 0 bridgehead atoms. The van der Waals surface area contributed by atoms with E-state index >= 15 is 0 Å². The van der Waals surface area contributed by atoms with Crippen LogP contribution in [-0.2, 0) is 19.1 Å². The first-order valence-electron chi connectivity index (χ1n) is 6.48. The average Bonchev–Trinajstić information content (AvgIpc) is 2.46. The summed E-state index contributed by atoms with van der Waals surface area (Å²) in [5, 5.41) is 2.78. The van der Waals surface area contributed by atoms with Crippen molar-refractivity contribution in [2.24, 2.45) is 5.16 Å². The summed E-state index contributed by atoms with van der Waals surface area (Å²) in [5.74, 6) is -0.251. The lowest BCUT2D eigenvalue weighted by atomic mass is 10.1. The Balaban J connectivity index is 0. The van der Waals surface area contributed by atoms with E-state index in [0.717, 1.165) is 12.1 Å². The van der Waals surface area contributed by atoms with Crippen LogP contribution in [0.3, 0.4) is 0 Å². The van der Waals surface area contributed by atoms with Gasteiger partial charge in [0.1, 0.15) is 11.5 Å². The van der Waals surface area contributed by atoms with Crippen LogP contribution in [0.25, 0.3) is 0 Å². The Hall–Kier alpha value is -1.81. The summed E-state index contributed by atoms with van der Waals surface area (Å²) in [6.45, 7) is 1.73. The Morgan fingerprint density at radius 2 is 1.72 bits per heavy atom. The molecule has 0 unspecified atom stereocenters. The van der Waals surface area contributed by atoms with Gasteiger partial charge in [0.25, 0.3) is 0 Å². The van der Waals surface area contributed by atoms with Crippen LogP contribution < -0.4 is 4.74 Å². The molecular weight excluding hydrogens is 363 g/mol. The molecular formula is C15H24F3NO5S. The molecule has 0 amide bonds. The number of nitrogens with zero attached hydrogens (tertiary/aromatic N) is 1. The Morgan fingerprint density at radius 1 is 1.16 bits per heavy atom. The van der Waals surface area contributed by atoms with Gasteiger partial charge in [0.05, 0.1) is 13.7 Å². The molecule has 0 radical (unpaired) electrons. The highest BCUT2D eigenvalue weighted by Crippen LogP contribution is 2.24. The molecule has 0 saturated heterocycles. The zero-order valence-electron chi connectivity index (χ0n) is 12.5. The van der Waals surface area contributed by atoms with Gasteiger partial charge in [-0.3, -0.25) is 4.28 Å². The fourth-order valence-electron chi connectivity index (χ4n) is 1.45. The molecule has 6 nitrogen and oxygen atoms in total. The van der Waals surface area contributed by atoms with Crippen molar-refractivity contribution in [3.8, 4) is 5.75 Å². The third-order valence-electron chi connectivity index (χ3n) is 2.56. The zero-order chi connectivity index (χ0) is 17.5. The zero-order valence-corrected chi connectivity index (χ0v) is 13.3. The van der Waals surface area contributed by atoms with Crippen molar-refractivity contribution in [2.75, 3.05) is 26.1 Å². The third-order valence-corrected chi connectivity index (χ3v) is 3.52. The third kappa shape index (κ3) is 8.73. The number of benzene rings is 1. The van der Waals surface area contributed by atoms with Crippen molar-refractivity contribution >= 4 is 15.8 Å². The van der Waals surface area contributed by atoms with Crippen LogP contribution >= 0.6 is 0 Å². The summed E-state index contributed by atoms with van der Waals surface area (Å²) in [4.78, 5) is 0. The predicted octanol–water partition coefficient (Wildman–Crippen LogP) is 3.62. The van der Waals surface area contributed by atoms with E-state index in [9.17, 15) is 21.6 Å². The molecule has 0 aliphatic carbocycles. The topological polar surface area (TPSA) is 74.2 Å². The smallest absolute Gasteiger partial charge is 0.437 e. The minimum Gasteiger partial charge on any atom is -0.497 e. The maximum atomic E-state index is 13.0. The van der Waals surface area contributed by atoms with E-state index in [0.29, 0.717) is 5.75 Å². The lowest BCUT2D eigenvalue weighted by Gasteiger charge is -2.11. The van der Waals surface area contributed by atoms with Gasteiger partial charge in [0.15, 0.2) is 5.71 Å². The number of rotatable bonds is 8. The molecule has 25 heavy (non-hydrogen) atoms. The molecule has 0 heterocycles. The van der Waals surface area contributed by atoms with E-state index in [1.54, 1.807) is 6.92 Å². The first-order chi connectivity index (χ1) is 10.7. The molecule has 0 saturated carbocycles. The van der Waals surface area contributed by atoms with Crippen molar-refractivity contribution in [2.45, 2.75) is 28.0 Å². The monoisotopic (exact) mass is 387 g/mol. The first-order valence-corrected chi connectivity index (χ1v) is 8.06. The van der Waals surface area contributed by atoms with E-state index < -0.39 is 27.8 Å². The van der Waals surface area contributed by atoms with Crippen LogP contribution in [0.4, 0.5) is 13.2 Å². The normalized spacial score (nSPS) is 12.0. The number of hydrogen-bond acceptors (Lipinski definition) is 6. The SMILES string of the molecule is C.C.CCOCCS(=O)(=O)ON=C(c1ccc(OC)cc1)C(F)(F)F. The van der Waals surface area contributed by atoms with Crippen molar-refractivity contribution < 1.29 is 35.3 Å². The fraction of sp³-hybridized carbons (Fsp3) is 0.533. The summed E-state index contributed by atoms with van der Waals surface area (Å²) in [6, 6.07) is 4.78. The minimum absolute atomic E-state index is 0. The number of alkyl halides is 3. The second-order valence-electron chi connectivity index (χ2n) is 4.20. The summed E-state index contributed by atoms with van der Waals surface area (Å²) < 4.78 is 75.7. The molecule has 0 aromatic heterocycles. The van der Waals surface area contributed by atoms with Crippen molar-refractivity contribution in [3.05, 3.63) is 29.8 Å². The summed E-state index contributed by atoms with van der Waals surface area (Å²) >= 11 is 0. The van der Waals surface area contributed by atoms with Gasteiger partial charge < -0.3 is 9.47 Å². The molecule has 1 rings (SSSR count). The fourth-order valence-corrected chi connectivity index (χ4v) is 2.04. The highest BCUT2D eigenvalue weighted by molar-refractivity contribution is 7.86. The first kappa shape index (κ1) is 25.4. The molecule has 146 valence electrons. The summed E-state index contributed by atoms with van der Waals surface area (Å²) in [6.07, 6.45) is -4.88. The van der Waals surface area contributed by atoms with E-state index in [4.69, 9.17) is 9.47 Å². The number of halogens is 3. The molecule has 0 fully saturated rings. The van der Waals surface area contributed by atoms with Gasteiger partial charge in [0.2, 0.25) is 0 Å². The van der Waals surface area contributed by atoms with E-state index in [2.05, 4.69) is 9.44 Å². The number of ether oxygens (including phenoxy) is 2. The second kappa shape index (κ2) is 10.9. The van der Waals surface area contributed by atoms with Gasteiger partial charge in [-0.05, 0) is 31.2 Å². The van der Waals surface area contributed by atoms with Crippen molar-refractivity contribution in [1.82, 2.24) is 0 Å². The van der Waals surface area contributed by atoms with E-state index in [1.165, 1.54) is 19.2 Å². The summed E-state index contributed by atoms with van der Waals surface area (Å²) in [7, 11) is -2.90. The Morgan fingerprint density at radius 3 is 2.16 bits per heavy atom. The van der Waals surface area contributed by atoms with Gasteiger partial charge in [-0.15, -0.1) is 0 Å². The van der Waals surface area contributed by atoms with E-state index in [1.807, 2.05) is 0 Å². The Bertz CT molecular complexity index is 628. The van der Waals surface area contributed by atoms with Gasteiger partial charge in [-0.2, -0.15) is 21.6 Å². The van der Waals surface area contributed by atoms with Crippen molar-refractivity contribution in [3.63, 3.8) is 0 Å².